The van der Waals surface area contributed by atoms with E-state index in [0.29, 0.717) is 29.1 Å². The predicted octanol–water partition coefficient (Wildman–Crippen LogP) is 5.08. The van der Waals surface area contributed by atoms with Gasteiger partial charge in [0.15, 0.2) is 18.1 Å². The molecule has 0 aliphatic carbocycles. The standard InChI is InChI=1S/C25H32BrN5O3S/c1-6-33-21-13-19(12-20(26)23(21)34-15-22(32)28-25(3,4)5)14-27-31-17(2)29-30-24(31)35-16-18-10-8-7-9-11-18/h7-13,27H,6,14-16H2,1-5H3,(H,28,32). The SMILES string of the molecule is CCOc1cc(CNn2c(C)nnc2SCc2ccccc2)cc(Br)c1OCC(=O)NC(C)(C)C. The molecule has 1 aromatic heterocycles. The molecule has 0 fully saturated rings. The van der Waals surface area contributed by atoms with Crippen LogP contribution in [0.2, 0.25) is 0 Å². The highest BCUT2D eigenvalue weighted by molar-refractivity contribution is 9.10. The lowest BCUT2D eigenvalue weighted by atomic mass is 10.1. The maximum atomic E-state index is 12.2. The van der Waals surface area contributed by atoms with Crippen LogP contribution in [0.1, 0.15) is 44.6 Å². The molecule has 8 nitrogen and oxygen atoms in total. The molecule has 0 saturated carbocycles. The summed E-state index contributed by atoms with van der Waals surface area (Å²) >= 11 is 5.20. The molecule has 10 heteroatoms. The normalized spacial score (nSPS) is 11.3. The quantitative estimate of drug-likeness (QED) is 0.315. The Morgan fingerprint density at radius 2 is 1.86 bits per heavy atom. The van der Waals surface area contributed by atoms with Crippen molar-refractivity contribution >= 4 is 33.6 Å². The van der Waals surface area contributed by atoms with E-state index in [-0.39, 0.29) is 18.1 Å². The number of hydrogen-bond acceptors (Lipinski definition) is 7. The molecule has 188 valence electrons. The van der Waals surface area contributed by atoms with Crippen molar-refractivity contribution < 1.29 is 14.3 Å². The van der Waals surface area contributed by atoms with Crippen molar-refractivity contribution in [1.82, 2.24) is 20.2 Å². The monoisotopic (exact) mass is 561 g/mol. The number of thioether (sulfide) groups is 1. The maximum absolute atomic E-state index is 12.2. The lowest BCUT2D eigenvalue weighted by Gasteiger charge is -2.21. The first-order valence-electron chi connectivity index (χ1n) is 11.4. The Morgan fingerprint density at radius 1 is 1.11 bits per heavy atom. The molecule has 0 spiro atoms. The number of carbonyl (C=O) groups excluding carboxylic acids is 1. The fraction of sp³-hybridized carbons (Fsp3) is 0.400. The lowest BCUT2D eigenvalue weighted by Crippen LogP contribution is -2.43. The van der Waals surface area contributed by atoms with Gasteiger partial charge in [0.25, 0.3) is 5.91 Å². The Morgan fingerprint density at radius 3 is 2.54 bits per heavy atom. The van der Waals surface area contributed by atoms with Gasteiger partial charge >= 0.3 is 0 Å². The van der Waals surface area contributed by atoms with Crippen molar-refractivity contribution in [1.29, 1.82) is 0 Å². The zero-order valence-corrected chi connectivity index (χ0v) is 23.1. The summed E-state index contributed by atoms with van der Waals surface area (Å²) in [6.45, 7) is 10.5. The van der Waals surface area contributed by atoms with E-state index in [1.807, 2.05) is 69.6 Å². The Labute approximate surface area is 219 Å². The van der Waals surface area contributed by atoms with Crippen molar-refractivity contribution in [3.05, 3.63) is 63.9 Å². The van der Waals surface area contributed by atoms with Crippen LogP contribution in [-0.2, 0) is 17.1 Å². The number of carbonyl (C=O) groups is 1. The topological polar surface area (TPSA) is 90.3 Å². The number of aromatic nitrogens is 3. The number of benzene rings is 2. The van der Waals surface area contributed by atoms with Gasteiger partial charge in [0, 0.05) is 11.3 Å². The second-order valence-electron chi connectivity index (χ2n) is 8.90. The highest BCUT2D eigenvalue weighted by Crippen LogP contribution is 2.37. The minimum absolute atomic E-state index is 0.102. The van der Waals surface area contributed by atoms with Gasteiger partial charge in [-0.3, -0.25) is 4.79 Å². The first-order valence-corrected chi connectivity index (χ1v) is 13.2. The summed E-state index contributed by atoms with van der Waals surface area (Å²) in [6.07, 6.45) is 0. The zero-order chi connectivity index (χ0) is 25.4. The average molecular weight is 563 g/mol. The molecule has 0 saturated heterocycles. The molecule has 2 N–H and O–H groups in total. The number of rotatable bonds is 11. The van der Waals surface area contributed by atoms with Crippen LogP contribution in [-0.4, -0.2) is 39.5 Å². The third-order valence-electron chi connectivity index (χ3n) is 4.68. The van der Waals surface area contributed by atoms with Gasteiger partial charge in [-0.2, -0.15) is 0 Å². The number of aryl methyl sites for hydroxylation is 1. The zero-order valence-electron chi connectivity index (χ0n) is 20.7. The minimum Gasteiger partial charge on any atom is -0.490 e. The minimum atomic E-state index is -0.325. The summed E-state index contributed by atoms with van der Waals surface area (Å²) in [5.41, 5.74) is 5.27. The molecule has 2 aromatic carbocycles. The fourth-order valence-corrected chi connectivity index (χ4v) is 4.75. The van der Waals surface area contributed by atoms with E-state index in [9.17, 15) is 4.79 Å². The second-order valence-corrected chi connectivity index (χ2v) is 10.7. The van der Waals surface area contributed by atoms with Crippen LogP contribution in [0.5, 0.6) is 11.5 Å². The second kappa shape index (κ2) is 12.3. The number of amides is 1. The Bertz CT molecular complexity index is 1130. The summed E-state index contributed by atoms with van der Waals surface area (Å²) in [4.78, 5) is 12.2. The van der Waals surface area contributed by atoms with Crippen LogP contribution >= 0.6 is 27.7 Å². The summed E-state index contributed by atoms with van der Waals surface area (Å²) in [7, 11) is 0. The first kappa shape index (κ1) is 26.9. The summed E-state index contributed by atoms with van der Waals surface area (Å²) in [5.74, 6) is 2.45. The van der Waals surface area contributed by atoms with Crippen LogP contribution in [0, 0.1) is 6.92 Å². The highest BCUT2D eigenvalue weighted by Gasteiger charge is 2.18. The van der Waals surface area contributed by atoms with Gasteiger partial charge in [-0.05, 0) is 73.8 Å². The molecule has 1 amide bonds. The maximum Gasteiger partial charge on any atom is 0.258 e. The van der Waals surface area contributed by atoms with E-state index in [2.05, 4.69) is 49.0 Å². The Kier molecular flexibility index (Phi) is 9.45. The molecule has 1 heterocycles. The number of halogens is 1. The summed E-state index contributed by atoms with van der Waals surface area (Å²) in [6, 6.07) is 14.1. The largest absolute Gasteiger partial charge is 0.490 e. The van der Waals surface area contributed by atoms with Crippen molar-refractivity contribution in [2.24, 2.45) is 0 Å². The number of hydrogen-bond donors (Lipinski definition) is 2. The van der Waals surface area contributed by atoms with E-state index in [1.54, 1.807) is 11.8 Å². The van der Waals surface area contributed by atoms with E-state index in [4.69, 9.17) is 9.47 Å². The van der Waals surface area contributed by atoms with Gasteiger partial charge < -0.3 is 20.2 Å². The molecular weight excluding hydrogens is 530 g/mol. The van der Waals surface area contributed by atoms with Gasteiger partial charge in [0.2, 0.25) is 5.16 Å². The highest BCUT2D eigenvalue weighted by atomic mass is 79.9. The van der Waals surface area contributed by atoms with Gasteiger partial charge in [-0.15, -0.1) is 10.2 Å². The number of nitrogens with zero attached hydrogens (tertiary/aromatic N) is 3. The summed E-state index contributed by atoms with van der Waals surface area (Å²) in [5, 5.41) is 12.2. The molecule has 3 aromatic rings. The average Bonchev–Trinajstić information content (AvgIpc) is 3.14. The van der Waals surface area contributed by atoms with E-state index >= 15 is 0 Å². The van der Waals surface area contributed by atoms with Gasteiger partial charge in [0.05, 0.1) is 17.6 Å². The number of nitrogens with one attached hydrogen (secondary N) is 2. The van der Waals surface area contributed by atoms with Crippen LogP contribution in [0.3, 0.4) is 0 Å². The van der Waals surface area contributed by atoms with Crippen LogP contribution in [0.25, 0.3) is 0 Å². The van der Waals surface area contributed by atoms with Gasteiger partial charge in [-0.1, -0.05) is 42.1 Å². The number of ether oxygens (including phenoxy) is 2. The molecule has 0 aliphatic heterocycles. The fourth-order valence-electron chi connectivity index (χ4n) is 3.23. The lowest BCUT2D eigenvalue weighted by molar-refractivity contribution is -0.124. The van der Waals surface area contributed by atoms with Crippen molar-refractivity contribution in [2.45, 2.75) is 57.6 Å². The molecule has 0 radical (unpaired) electrons. The van der Waals surface area contributed by atoms with E-state index in [1.165, 1.54) is 5.56 Å². The van der Waals surface area contributed by atoms with E-state index < -0.39 is 0 Å². The van der Waals surface area contributed by atoms with Crippen molar-refractivity contribution in [2.75, 3.05) is 18.6 Å². The molecule has 0 aliphatic rings. The molecule has 0 unspecified atom stereocenters. The molecule has 0 bridgehead atoms. The molecule has 0 atom stereocenters. The Balaban J connectivity index is 1.69. The molecule has 3 rings (SSSR count). The van der Waals surface area contributed by atoms with Crippen LogP contribution in [0.15, 0.2) is 52.1 Å². The molecule has 35 heavy (non-hydrogen) atoms. The van der Waals surface area contributed by atoms with Crippen molar-refractivity contribution in [3.63, 3.8) is 0 Å². The first-order chi connectivity index (χ1) is 16.7. The third kappa shape index (κ3) is 8.17. The van der Waals surface area contributed by atoms with Gasteiger partial charge in [0.1, 0.15) is 5.82 Å². The smallest absolute Gasteiger partial charge is 0.258 e. The Hall–Kier alpha value is -2.72. The molecular formula is C25H32BrN5O3S. The van der Waals surface area contributed by atoms with E-state index in [0.717, 1.165) is 22.3 Å². The van der Waals surface area contributed by atoms with Gasteiger partial charge in [-0.25, -0.2) is 4.68 Å². The summed E-state index contributed by atoms with van der Waals surface area (Å²) < 4.78 is 14.2. The van der Waals surface area contributed by atoms with Crippen LogP contribution in [0.4, 0.5) is 0 Å². The third-order valence-corrected chi connectivity index (χ3v) is 6.27. The van der Waals surface area contributed by atoms with Crippen molar-refractivity contribution in [3.8, 4) is 11.5 Å². The van der Waals surface area contributed by atoms with Crippen LogP contribution < -0.4 is 20.2 Å². The predicted molar refractivity (Wildman–Crippen MR) is 143 cm³/mol.